The van der Waals surface area contributed by atoms with Crippen molar-refractivity contribution in [3.8, 4) is 11.1 Å². The lowest BCUT2D eigenvalue weighted by atomic mass is 9.98. The first-order chi connectivity index (χ1) is 15.3. The second-order valence-corrected chi connectivity index (χ2v) is 7.74. The average Bonchev–Trinajstić information content (AvgIpc) is 3.13. The maximum Gasteiger partial charge on any atom is 0.168 e. The number of Topliss-reactive ketones (excluding diaryl/α,β-unsaturated/α-hetero) is 1. The van der Waals surface area contributed by atoms with E-state index >= 15 is 0 Å². The third kappa shape index (κ3) is 3.80. The molecule has 5 aromatic rings. The lowest BCUT2D eigenvalue weighted by molar-refractivity contribution is 0.0991. The molecule has 150 valence electrons. The number of carbonyl (C=O) groups excluding carboxylic acids is 1. The topological polar surface area (TPSA) is 22.0 Å². The second-order valence-electron chi connectivity index (χ2n) is 7.74. The first kappa shape index (κ1) is 19.1. The van der Waals surface area contributed by atoms with Gasteiger partial charge in [0.15, 0.2) is 5.78 Å². The number of rotatable bonds is 6. The van der Waals surface area contributed by atoms with Gasteiger partial charge < -0.3 is 4.57 Å². The Morgan fingerprint density at radius 2 is 1.23 bits per heavy atom. The second kappa shape index (κ2) is 8.45. The molecular formula is C29H23NO. The minimum absolute atomic E-state index is 0.134. The van der Waals surface area contributed by atoms with Crippen LogP contribution in [-0.4, -0.2) is 10.4 Å². The highest BCUT2D eigenvalue weighted by Gasteiger charge is 2.21. The van der Waals surface area contributed by atoms with E-state index in [1.165, 1.54) is 10.9 Å². The molecule has 5 rings (SSSR count). The van der Waals surface area contributed by atoms with E-state index in [-0.39, 0.29) is 5.78 Å². The largest absolute Gasteiger partial charge is 0.339 e. The molecule has 2 heteroatoms. The summed E-state index contributed by atoms with van der Waals surface area (Å²) in [4.78, 5) is 13.3. The van der Waals surface area contributed by atoms with Gasteiger partial charge >= 0.3 is 0 Å². The molecule has 0 radical (unpaired) electrons. The molecule has 1 heterocycles. The molecule has 0 saturated heterocycles. The van der Waals surface area contributed by atoms with Crippen LogP contribution in [0, 0.1) is 0 Å². The SMILES string of the molecule is O=C(Cc1c(-c2ccccc2)c2ccccc2n1Cc1ccccc1)c1ccccc1. The Balaban J connectivity index is 1.72. The molecule has 0 aliphatic carbocycles. The van der Waals surface area contributed by atoms with Crippen LogP contribution in [0.2, 0.25) is 0 Å². The fourth-order valence-electron chi connectivity index (χ4n) is 4.29. The van der Waals surface area contributed by atoms with E-state index in [0.717, 1.165) is 34.4 Å². The third-order valence-electron chi connectivity index (χ3n) is 5.75. The van der Waals surface area contributed by atoms with Crippen molar-refractivity contribution in [2.45, 2.75) is 13.0 Å². The van der Waals surface area contributed by atoms with Crippen molar-refractivity contribution in [2.24, 2.45) is 0 Å². The van der Waals surface area contributed by atoms with E-state index in [4.69, 9.17) is 0 Å². The average molecular weight is 402 g/mol. The summed E-state index contributed by atoms with van der Waals surface area (Å²) in [6.45, 7) is 0.728. The first-order valence-electron chi connectivity index (χ1n) is 10.6. The van der Waals surface area contributed by atoms with Crippen LogP contribution in [0.25, 0.3) is 22.0 Å². The van der Waals surface area contributed by atoms with Crippen LogP contribution in [-0.2, 0) is 13.0 Å². The number of ketones is 1. The highest BCUT2D eigenvalue weighted by atomic mass is 16.1. The summed E-state index contributed by atoms with van der Waals surface area (Å²) in [6, 6.07) is 38.9. The van der Waals surface area contributed by atoms with Gasteiger partial charge in [-0.25, -0.2) is 0 Å². The molecule has 0 amide bonds. The standard InChI is InChI=1S/C29H23NO/c31-28(23-14-6-2-7-15-23)20-27-29(24-16-8-3-9-17-24)25-18-10-11-19-26(25)30(27)21-22-12-4-1-5-13-22/h1-19H,20-21H2. The monoisotopic (exact) mass is 401 g/mol. The molecule has 0 bridgehead atoms. The summed E-state index contributed by atoms with van der Waals surface area (Å²) >= 11 is 0. The van der Waals surface area contributed by atoms with Crippen molar-refractivity contribution >= 4 is 16.7 Å². The van der Waals surface area contributed by atoms with Crippen LogP contribution >= 0.6 is 0 Å². The Labute approximate surface area is 182 Å². The number of carbonyl (C=O) groups is 1. The van der Waals surface area contributed by atoms with Gasteiger partial charge in [0.1, 0.15) is 0 Å². The maximum atomic E-state index is 13.3. The van der Waals surface area contributed by atoms with Crippen LogP contribution in [0.1, 0.15) is 21.6 Å². The fourth-order valence-corrected chi connectivity index (χ4v) is 4.29. The van der Waals surface area contributed by atoms with Gasteiger partial charge in [0.05, 0.1) is 6.42 Å². The lowest BCUT2D eigenvalue weighted by Gasteiger charge is -2.13. The predicted molar refractivity (Wildman–Crippen MR) is 127 cm³/mol. The fraction of sp³-hybridized carbons (Fsp3) is 0.0690. The van der Waals surface area contributed by atoms with Gasteiger partial charge in [-0.3, -0.25) is 4.79 Å². The molecule has 0 atom stereocenters. The van der Waals surface area contributed by atoms with Gasteiger partial charge in [-0.15, -0.1) is 0 Å². The zero-order valence-electron chi connectivity index (χ0n) is 17.2. The number of hydrogen-bond donors (Lipinski definition) is 0. The number of benzene rings is 4. The Hall–Kier alpha value is -3.91. The van der Waals surface area contributed by atoms with Gasteiger partial charge in [-0.2, -0.15) is 0 Å². The number of hydrogen-bond acceptors (Lipinski definition) is 1. The number of nitrogens with zero attached hydrogens (tertiary/aromatic N) is 1. The molecule has 0 aliphatic rings. The Bertz CT molecular complexity index is 1320. The zero-order chi connectivity index (χ0) is 21.0. The molecule has 31 heavy (non-hydrogen) atoms. The van der Waals surface area contributed by atoms with E-state index in [9.17, 15) is 4.79 Å². The molecule has 0 unspecified atom stereocenters. The molecule has 1 aromatic heterocycles. The van der Waals surface area contributed by atoms with E-state index in [2.05, 4.69) is 77.4 Å². The van der Waals surface area contributed by atoms with Gasteiger partial charge in [-0.05, 0) is 17.2 Å². The van der Waals surface area contributed by atoms with Gasteiger partial charge in [0.25, 0.3) is 0 Å². The highest BCUT2D eigenvalue weighted by Crippen LogP contribution is 2.36. The first-order valence-corrected chi connectivity index (χ1v) is 10.6. The molecule has 0 saturated carbocycles. The zero-order valence-corrected chi connectivity index (χ0v) is 17.2. The van der Waals surface area contributed by atoms with E-state index in [1.54, 1.807) is 0 Å². The molecule has 0 fully saturated rings. The molecule has 0 aliphatic heterocycles. The number of aromatic nitrogens is 1. The third-order valence-corrected chi connectivity index (χ3v) is 5.75. The van der Waals surface area contributed by atoms with E-state index in [1.807, 2.05) is 42.5 Å². The van der Waals surface area contributed by atoms with Crippen LogP contribution in [0.4, 0.5) is 0 Å². The highest BCUT2D eigenvalue weighted by molar-refractivity contribution is 6.03. The normalized spacial score (nSPS) is 11.0. The lowest BCUT2D eigenvalue weighted by Crippen LogP contribution is -2.11. The Kier molecular flexibility index (Phi) is 5.20. The molecule has 0 spiro atoms. The molecule has 2 nitrogen and oxygen atoms in total. The Morgan fingerprint density at radius 3 is 1.94 bits per heavy atom. The molecule has 4 aromatic carbocycles. The Morgan fingerprint density at radius 1 is 0.645 bits per heavy atom. The van der Waals surface area contributed by atoms with Gasteiger partial charge in [0, 0.05) is 34.3 Å². The smallest absolute Gasteiger partial charge is 0.168 e. The quantitative estimate of drug-likeness (QED) is 0.287. The maximum absolute atomic E-state index is 13.3. The summed E-state index contributed by atoms with van der Waals surface area (Å²) in [6.07, 6.45) is 0.357. The van der Waals surface area contributed by atoms with Crippen LogP contribution in [0.3, 0.4) is 0 Å². The minimum Gasteiger partial charge on any atom is -0.339 e. The summed E-state index contributed by atoms with van der Waals surface area (Å²) in [5.41, 5.74) is 6.47. The van der Waals surface area contributed by atoms with Crippen molar-refractivity contribution in [2.75, 3.05) is 0 Å². The van der Waals surface area contributed by atoms with Crippen molar-refractivity contribution in [3.05, 3.63) is 132 Å². The summed E-state index contributed by atoms with van der Waals surface area (Å²) in [5.74, 6) is 0.134. The van der Waals surface area contributed by atoms with Crippen molar-refractivity contribution in [1.82, 2.24) is 4.57 Å². The van der Waals surface area contributed by atoms with Crippen molar-refractivity contribution in [1.29, 1.82) is 0 Å². The van der Waals surface area contributed by atoms with Crippen LogP contribution in [0.5, 0.6) is 0 Å². The van der Waals surface area contributed by atoms with E-state index < -0.39 is 0 Å². The molecular weight excluding hydrogens is 378 g/mol. The minimum atomic E-state index is 0.134. The van der Waals surface area contributed by atoms with Crippen molar-refractivity contribution < 1.29 is 4.79 Å². The number of para-hydroxylation sites is 1. The van der Waals surface area contributed by atoms with E-state index in [0.29, 0.717) is 6.42 Å². The number of fused-ring (bicyclic) bond motifs is 1. The van der Waals surface area contributed by atoms with Gasteiger partial charge in [0.2, 0.25) is 0 Å². The molecule has 0 N–H and O–H groups in total. The van der Waals surface area contributed by atoms with Crippen LogP contribution < -0.4 is 0 Å². The summed E-state index contributed by atoms with van der Waals surface area (Å²) in [5, 5.41) is 1.18. The summed E-state index contributed by atoms with van der Waals surface area (Å²) < 4.78 is 2.31. The van der Waals surface area contributed by atoms with Crippen LogP contribution in [0.15, 0.2) is 115 Å². The van der Waals surface area contributed by atoms with Crippen molar-refractivity contribution in [3.63, 3.8) is 0 Å². The van der Waals surface area contributed by atoms with Gasteiger partial charge in [-0.1, -0.05) is 109 Å². The summed E-state index contributed by atoms with van der Waals surface area (Å²) in [7, 11) is 0. The predicted octanol–water partition coefficient (Wildman–Crippen LogP) is 6.78.